The van der Waals surface area contributed by atoms with Gasteiger partial charge in [0.15, 0.2) is 0 Å². The Morgan fingerprint density at radius 2 is 1.90 bits per heavy atom. The Morgan fingerprint density at radius 1 is 1.24 bits per heavy atom. The summed E-state index contributed by atoms with van der Waals surface area (Å²) < 4.78 is 0. The Labute approximate surface area is 134 Å². The van der Waals surface area contributed by atoms with Crippen molar-refractivity contribution in [2.45, 2.75) is 51.1 Å². The van der Waals surface area contributed by atoms with Gasteiger partial charge in [-0.05, 0) is 56.8 Å². The van der Waals surface area contributed by atoms with Crippen LogP contribution in [0.2, 0.25) is 5.02 Å². The van der Waals surface area contributed by atoms with Crippen molar-refractivity contribution in [2.24, 2.45) is 5.92 Å². The van der Waals surface area contributed by atoms with E-state index >= 15 is 0 Å². The average molecular weight is 309 g/mol. The first-order chi connectivity index (χ1) is 9.95. The quantitative estimate of drug-likeness (QED) is 0.814. The molecule has 0 aromatic heterocycles. The summed E-state index contributed by atoms with van der Waals surface area (Å²) in [5.74, 6) is 1.37. The molecule has 3 heteroatoms. The van der Waals surface area contributed by atoms with Gasteiger partial charge < -0.3 is 10.2 Å². The second kappa shape index (κ2) is 7.62. The van der Waals surface area contributed by atoms with Crippen LogP contribution in [0.5, 0.6) is 0 Å². The number of hydrogen-bond donors (Lipinski definition) is 1. The van der Waals surface area contributed by atoms with Crippen molar-refractivity contribution >= 4 is 11.6 Å². The predicted molar refractivity (Wildman–Crippen MR) is 92.1 cm³/mol. The summed E-state index contributed by atoms with van der Waals surface area (Å²) in [6, 6.07) is 9.53. The molecule has 0 spiro atoms. The normalized spacial score (nSPS) is 23.4. The molecule has 1 atom stereocenters. The number of halogens is 1. The van der Waals surface area contributed by atoms with E-state index in [-0.39, 0.29) is 0 Å². The highest BCUT2D eigenvalue weighted by atomic mass is 35.5. The van der Waals surface area contributed by atoms with Crippen molar-refractivity contribution in [3.8, 4) is 0 Å². The zero-order chi connectivity index (χ0) is 15.4. The number of likely N-dealkylation sites (N-methyl/N-ethyl adjacent to an activating group) is 1. The molecule has 2 nitrogen and oxygen atoms in total. The van der Waals surface area contributed by atoms with Gasteiger partial charge in [0.05, 0.1) is 0 Å². The Hall–Kier alpha value is -0.570. The molecule has 0 aliphatic heterocycles. The van der Waals surface area contributed by atoms with Gasteiger partial charge in [-0.1, -0.05) is 43.6 Å². The fraction of sp³-hybridized carbons (Fsp3) is 0.667. The zero-order valence-electron chi connectivity index (χ0n) is 13.8. The maximum Gasteiger partial charge on any atom is 0.0440 e. The van der Waals surface area contributed by atoms with Gasteiger partial charge in [0.1, 0.15) is 0 Å². The Balaban J connectivity index is 1.84. The van der Waals surface area contributed by atoms with E-state index in [4.69, 9.17) is 11.6 Å². The third-order valence-electron chi connectivity index (χ3n) is 4.30. The maximum atomic E-state index is 6.30. The minimum Gasteiger partial charge on any atom is -0.310 e. The van der Waals surface area contributed by atoms with E-state index in [0.717, 1.165) is 17.5 Å². The van der Waals surface area contributed by atoms with Crippen LogP contribution in [-0.2, 0) is 0 Å². The largest absolute Gasteiger partial charge is 0.310 e. The van der Waals surface area contributed by atoms with Gasteiger partial charge in [0.25, 0.3) is 0 Å². The molecule has 118 valence electrons. The molecule has 0 saturated heterocycles. The number of benzene rings is 1. The molecular formula is C18H29ClN2. The molecule has 21 heavy (non-hydrogen) atoms. The third kappa shape index (κ3) is 4.98. The number of hydrogen-bond acceptors (Lipinski definition) is 2. The van der Waals surface area contributed by atoms with Crippen LogP contribution < -0.4 is 5.32 Å². The van der Waals surface area contributed by atoms with E-state index in [9.17, 15) is 0 Å². The molecule has 0 amide bonds. The lowest BCUT2D eigenvalue weighted by atomic mass is 9.75. The Morgan fingerprint density at radius 3 is 2.48 bits per heavy atom. The topological polar surface area (TPSA) is 15.3 Å². The van der Waals surface area contributed by atoms with E-state index in [1.54, 1.807) is 0 Å². The lowest BCUT2D eigenvalue weighted by Gasteiger charge is -2.40. The predicted octanol–water partition coefficient (Wildman–Crippen LogP) is 4.15. The average Bonchev–Trinajstić information content (AvgIpc) is 2.33. The van der Waals surface area contributed by atoms with Crippen LogP contribution in [0.25, 0.3) is 0 Å². The first-order valence-corrected chi connectivity index (χ1v) is 8.48. The number of rotatable bonds is 7. The monoisotopic (exact) mass is 308 g/mol. The molecule has 1 aliphatic rings. The van der Waals surface area contributed by atoms with Crippen molar-refractivity contribution in [1.29, 1.82) is 0 Å². The SMILES string of the molecule is CC(C)CC(CN(C)C)NC1CC(c2ccccc2Cl)C1. The highest BCUT2D eigenvalue weighted by Gasteiger charge is 2.32. The molecule has 2 rings (SSSR count). The lowest BCUT2D eigenvalue weighted by Crippen LogP contribution is -2.49. The molecular weight excluding hydrogens is 280 g/mol. The Kier molecular flexibility index (Phi) is 6.09. The lowest BCUT2D eigenvalue weighted by molar-refractivity contribution is 0.222. The maximum absolute atomic E-state index is 6.30. The van der Waals surface area contributed by atoms with Crippen LogP contribution in [-0.4, -0.2) is 37.6 Å². The minimum absolute atomic E-state index is 0.595. The molecule has 1 aliphatic carbocycles. The summed E-state index contributed by atoms with van der Waals surface area (Å²) in [6.07, 6.45) is 3.67. The summed E-state index contributed by atoms with van der Waals surface area (Å²) in [4.78, 5) is 2.28. The molecule has 1 unspecified atom stereocenters. The van der Waals surface area contributed by atoms with Crippen LogP contribution in [0.1, 0.15) is 44.6 Å². The number of nitrogens with one attached hydrogen (secondary N) is 1. The summed E-state index contributed by atoms with van der Waals surface area (Å²) in [7, 11) is 4.31. The first kappa shape index (κ1) is 16.8. The fourth-order valence-electron chi connectivity index (χ4n) is 3.35. The van der Waals surface area contributed by atoms with Crippen molar-refractivity contribution in [3.63, 3.8) is 0 Å². The van der Waals surface area contributed by atoms with Crippen LogP contribution in [0.3, 0.4) is 0 Å². The van der Waals surface area contributed by atoms with Gasteiger partial charge in [-0.2, -0.15) is 0 Å². The summed E-state index contributed by atoms with van der Waals surface area (Å²) in [5, 5.41) is 4.77. The van der Waals surface area contributed by atoms with E-state index in [0.29, 0.717) is 18.0 Å². The van der Waals surface area contributed by atoms with Crippen molar-refractivity contribution in [2.75, 3.05) is 20.6 Å². The van der Waals surface area contributed by atoms with Gasteiger partial charge in [-0.3, -0.25) is 0 Å². The highest BCUT2D eigenvalue weighted by molar-refractivity contribution is 6.31. The molecule has 0 bridgehead atoms. The van der Waals surface area contributed by atoms with E-state index in [1.807, 2.05) is 12.1 Å². The Bertz CT molecular complexity index is 429. The van der Waals surface area contributed by atoms with Crippen LogP contribution in [0.15, 0.2) is 24.3 Å². The second-order valence-electron chi connectivity index (χ2n) is 7.14. The molecule has 1 saturated carbocycles. The molecule has 1 aromatic rings. The first-order valence-electron chi connectivity index (χ1n) is 8.11. The second-order valence-corrected chi connectivity index (χ2v) is 7.55. The molecule has 0 heterocycles. The van der Waals surface area contributed by atoms with Crippen molar-refractivity contribution in [3.05, 3.63) is 34.9 Å². The molecule has 0 radical (unpaired) electrons. The highest BCUT2D eigenvalue weighted by Crippen LogP contribution is 2.40. The summed E-state index contributed by atoms with van der Waals surface area (Å²) >= 11 is 6.30. The van der Waals surface area contributed by atoms with Gasteiger partial charge >= 0.3 is 0 Å². The van der Waals surface area contributed by atoms with E-state index < -0.39 is 0 Å². The summed E-state index contributed by atoms with van der Waals surface area (Å²) in [5.41, 5.74) is 1.32. The zero-order valence-corrected chi connectivity index (χ0v) is 14.5. The van der Waals surface area contributed by atoms with Crippen LogP contribution in [0, 0.1) is 5.92 Å². The van der Waals surface area contributed by atoms with Gasteiger partial charge in [0.2, 0.25) is 0 Å². The van der Waals surface area contributed by atoms with E-state index in [1.165, 1.54) is 24.8 Å². The van der Waals surface area contributed by atoms with Crippen molar-refractivity contribution < 1.29 is 0 Å². The standard InChI is InChI=1S/C18H29ClN2/c1-13(2)9-16(12-21(3)4)20-15-10-14(11-15)17-7-5-6-8-18(17)19/h5-8,13-16,20H,9-12H2,1-4H3. The number of nitrogens with zero attached hydrogens (tertiary/aromatic N) is 1. The third-order valence-corrected chi connectivity index (χ3v) is 4.64. The molecule has 1 aromatic carbocycles. The molecule has 1 N–H and O–H groups in total. The van der Waals surface area contributed by atoms with Gasteiger partial charge in [-0.15, -0.1) is 0 Å². The van der Waals surface area contributed by atoms with Crippen molar-refractivity contribution in [1.82, 2.24) is 10.2 Å². The molecule has 1 fully saturated rings. The van der Waals surface area contributed by atoms with Gasteiger partial charge in [0, 0.05) is 23.7 Å². The minimum atomic E-state index is 0.595. The van der Waals surface area contributed by atoms with Crippen LogP contribution in [0.4, 0.5) is 0 Å². The van der Waals surface area contributed by atoms with Gasteiger partial charge in [-0.25, -0.2) is 0 Å². The summed E-state index contributed by atoms with van der Waals surface area (Å²) in [6.45, 7) is 5.72. The smallest absolute Gasteiger partial charge is 0.0440 e. The fourth-order valence-corrected chi connectivity index (χ4v) is 3.64. The van der Waals surface area contributed by atoms with Crippen LogP contribution >= 0.6 is 11.6 Å². The van der Waals surface area contributed by atoms with E-state index in [2.05, 4.69) is 50.3 Å².